The van der Waals surface area contributed by atoms with Crippen LogP contribution in [0.4, 0.5) is 5.13 Å². The Bertz CT molecular complexity index is 808. The van der Waals surface area contributed by atoms with E-state index < -0.39 is 5.91 Å². The number of methoxy groups -OCH3 is 2. The summed E-state index contributed by atoms with van der Waals surface area (Å²) in [4.78, 5) is 12.3. The molecule has 0 saturated carbocycles. The number of aryl methyl sites for hydroxylation is 1. The number of anilines is 1. The lowest BCUT2D eigenvalue weighted by molar-refractivity contribution is -0.112. The van der Waals surface area contributed by atoms with E-state index in [0.29, 0.717) is 22.2 Å². The summed E-state index contributed by atoms with van der Waals surface area (Å²) >= 11 is 1.27. The number of rotatable bonds is 6. The number of hydrogen-bond acceptors (Lipinski definition) is 7. The van der Waals surface area contributed by atoms with E-state index in [9.17, 15) is 10.1 Å². The summed E-state index contributed by atoms with van der Waals surface area (Å²) in [6.45, 7) is 1.95. The van der Waals surface area contributed by atoms with Gasteiger partial charge in [0.15, 0.2) is 11.5 Å². The number of ether oxygens (including phenoxy) is 2. The minimum Gasteiger partial charge on any atom is -0.493 e. The molecule has 2 rings (SSSR count). The summed E-state index contributed by atoms with van der Waals surface area (Å²) in [6, 6.07) is 7.10. The van der Waals surface area contributed by atoms with Crippen LogP contribution in [0.15, 0.2) is 23.8 Å². The molecule has 124 valence electrons. The second kappa shape index (κ2) is 8.08. The van der Waals surface area contributed by atoms with Crippen LogP contribution in [0.25, 0.3) is 6.08 Å². The van der Waals surface area contributed by atoms with Gasteiger partial charge in [-0.25, -0.2) is 0 Å². The van der Waals surface area contributed by atoms with Gasteiger partial charge in [0.2, 0.25) is 5.13 Å². The van der Waals surface area contributed by atoms with Gasteiger partial charge in [-0.2, -0.15) is 5.26 Å². The smallest absolute Gasteiger partial charge is 0.268 e. The van der Waals surface area contributed by atoms with Crippen molar-refractivity contribution in [3.8, 4) is 17.6 Å². The van der Waals surface area contributed by atoms with Gasteiger partial charge < -0.3 is 9.47 Å². The van der Waals surface area contributed by atoms with Gasteiger partial charge in [-0.15, -0.1) is 10.2 Å². The maximum atomic E-state index is 12.3. The predicted molar refractivity (Wildman–Crippen MR) is 91.1 cm³/mol. The van der Waals surface area contributed by atoms with Crippen LogP contribution in [0.2, 0.25) is 0 Å². The van der Waals surface area contributed by atoms with Crippen molar-refractivity contribution in [3.05, 3.63) is 34.3 Å². The Morgan fingerprint density at radius 1 is 1.38 bits per heavy atom. The van der Waals surface area contributed by atoms with E-state index in [4.69, 9.17) is 9.47 Å². The van der Waals surface area contributed by atoms with Crippen LogP contribution >= 0.6 is 11.3 Å². The molecule has 0 atom stereocenters. The topological polar surface area (TPSA) is 97.1 Å². The number of benzene rings is 1. The fourth-order valence-electron chi connectivity index (χ4n) is 1.94. The molecule has 0 unspecified atom stereocenters. The number of carbonyl (C=O) groups excluding carboxylic acids is 1. The molecule has 0 saturated heterocycles. The number of carbonyl (C=O) groups is 1. The minimum atomic E-state index is -0.554. The molecule has 0 bridgehead atoms. The third-order valence-electron chi connectivity index (χ3n) is 3.09. The molecule has 0 spiro atoms. The fraction of sp³-hybridized carbons (Fsp3) is 0.250. The predicted octanol–water partition coefficient (Wildman–Crippen LogP) is 2.66. The van der Waals surface area contributed by atoms with Crippen molar-refractivity contribution in [2.24, 2.45) is 0 Å². The lowest BCUT2D eigenvalue weighted by Gasteiger charge is -2.10. The van der Waals surface area contributed by atoms with Crippen LogP contribution in [0.1, 0.15) is 17.5 Å². The van der Waals surface area contributed by atoms with Gasteiger partial charge in [0, 0.05) is 5.56 Å². The number of nitriles is 1. The fourth-order valence-corrected chi connectivity index (χ4v) is 2.62. The molecular formula is C16H16N4O3S. The molecule has 2 aromatic rings. The normalized spacial score (nSPS) is 10.8. The van der Waals surface area contributed by atoms with E-state index in [2.05, 4.69) is 15.5 Å². The minimum absolute atomic E-state index is 0.0743. The summed E-state index contributed by atoms with van der Waals surface area (Å²) in [5, 5.41) is 20.8. The summed E-state index contributed by atoms with van der Waals surface area (Å²) < 4.78 is 10.5. The zero-order chi connectivity index (χ0) is 17.5. The highest BCUT2D eigenvalue weighted by molar-refractivity contribution is 7.15. The van der Waals surface area contributed by atoms with Crippen molar-refractivity contribution in [3.63, 3.8) is 0 Å². The molecular weight excluding hydrogens is 328 g/mol. The SMILES string of the molecule is CCc1nnc(NC(=O)/C(C#N)=C\c2cccc(OC)c2OC)s1. The molecule has 0 aliphatic rings. The van der Waals surface area contributed by atoms with E-state index in [1.165, 1.54) is 31.6 Å². The van der Waals surface area contributed by atoms with Crippen molar-refractivity contribution in [2.45, 2.75) is 13.3 Å². The summed E-state index contributed by atoms with van der Waals surface area (Å²) in [5.41, 5.74) is 0.491. The van der Waals surface area contributed by atoms with Crippen molar-refractivity contribution in [2.75, 3.05) is 19.5 Å². The average molecular weight is 344 g/mol. The van der Waals surface area contributed by atoms with Crippen molar-refractivity contribution in [1.29, 1.82) is 5.26 Å². The largest absolute Gasteiger partial charge is 0.493 e. The Labute approximate surface area is 143 Å². The van der Waals surface area contributed by atoms with Gasteiger partial charge in [-0.1, -0.05) is 30.4 Å². The van der Waals surface area contributed by atoms with Crippen molar-refractivity contribution < 1.29 is 14.3 Å². The molecule has 24 heavy (non-hydrogen) atoms. The molecule has 1 aromatic heterocycles. The van der Waals surface area contributed by atoms with Gasteiger partial charge in [-0.3, -0.25) is 10.1 Å². The van der Waals surface area contributed by atoms with E-state index >= 15 is 0 Å². The molecule has 1 N–H and O–H groups in total. The number of aromatic nitrogens is 2. The van der Waals surface area contributed by atoms with Crippen LogP contribution in [-0.4, -0.2) is 30.3 Å². The second-order valence-electron chi connectivity index (χ2n) is 4.56. The average Bonchev–Trinajstić information content (AvgIpc) is 3.06. The molecule has 7 nitrogen and oxygen atoms in total. The molecule has 0 fully saturated rings. The third-order valence-corrected chi connectivity index (χ3v) is 4.07. The highest BCUT2D eigenvalue weighted by atomic mass is 32.1. The van der Waals surface area contributed by atoms with E-state index in [1.807, 2.05) is 13.0 Å². The first-order valence-electron chi connectivity index (χ1n) is 7.09. The molecule has 8 heteroatoms. The van der Waals surface area contributed by atoms with Gasteiger partial charge in [-0.05, 0) is 18.6 Å². The molecule has 0 aliphatic carbocycles. The molecule has 0 aliphatic heterocycles. The maximum absolute atomic E-state index is 12.3. The Morgan fingerprint density at radius 3 is 2.75 bits per heavy atom. The zero-order valence-electron chi connectivity index (χ0n) is 13.5. The van der Waals surface area contributed by atoms with E-state index in [1.54, 1.807) is 18.2 Å². The maximum Gasteiger partial charge on any atom is 0.268 e. The molecule has 0 radical (unpaired) electrons. The van der Waals surface area contributed by atoms with Crippen LogP contribution in [0.5, 0.6) is 11.5 Å². The van der Waals surface area contributed by atoms with Gasteiger partial charge in [0.1, 0.15) is 16.6 Å². The lowest BCUT2D eigenvalue weighted by Crippen LogP contribution is -2.13. The zero-order valence-corrected chi connectivity index (χ0v) is 14.3. The Morgan fingerprint density at radius 2 is 2.17 bits per heavy atom. The number of hydrogen-bond donors (Lipinski definition) is 1. The molecule has 1 amide bonds. The van der Waals surface area contributed by atoms with Crippen LogP contribution in [0.3, 0.4) is 0 Å². The van der Waals surface area contributed by atoms with Crippen molar-refractivity contribution in [1.82, 2.24) is 10.2 Å². The molecule has 1 aromatic carbocycles. The van der Waals surface area contributed by atoms with E-state index in [0.717, 1.165) is 11.4 Å². The highest BCUT2D eigenvalue weighted by Crippen LogP contribution is 2.32. The standard InChI is InChI=1S/C16H16N4O3S/c1-4-13-19-20-16(24-13)18-15(21)11(9-17)8-10-6-5-7-12(22-2)14(10)23-3/h5-8H,4H2,1-3H3,(H,18,20,21)/b11-8-. The monoisotopic (exact) mass is 344 g/mol. The van der Waals surface area contributed by atoms with Crippen LogP contribution in [0, 0.1) is 11.3 Å². The van der Waals surface area contributed by atoms with Crippen LogP contribution in [-0.2, 0) is 11.2 Å². The summed E-state index contributed by atoms with van der Waals surface area (Å²) in [6.07, 6.45) is 2.17. The number of nitrogens with zero attached hydrogens (tertiary/aromatic N) is 3. The first kappa shape index (κ1) is 17.4. The van der Waals surface area contributed by atoms with E-state index in [-0.39, 0.29) is 5.57 Å². The quantitative estimate of drug-likeness (QED) is 0.639. The summed E-state index contributed by atoms with van der Waals surface area (Å²) in [7, 11) is 3.01. The summed E-state index contributed by atoms with van der Waals surface area (Å²) in [5.74, 6) is 0.409. The van der Waals surface area contributed by atoms with Crippen molar-refractivity contribution >= 4 is 28.5 Å². The lowest BCUT2D eigenvalue weighted by atomic mass is 10.1. The Kier molecular flexibility index (Phi) is 5.87. The van der Waals surface area contributed by atoms with Gasteiger partial charge >= 0.3 is 0 Å². The second-order valence-corrected chi connectivity index (χ2v) is 5.62. The Hall–Kier alpha value is -2.92. The number of nitrogens with one attached hydrogen (secondary N) is 1. The van der Waals surface area contributed by atoms with Gasteiger partial charge in [0.25, 0.3) is 5.91 Å². The van der Waals surface area contributed by atoms with Gasteiger partial charge in [0.05, 0.1) is 14.2 Å². The number of amides is 1. The van der Waals surface area contributed by atoms with Crippen LogP contribution < -0.4 is 14.8 Å². The third kappa shape index (κ3) is 3.88. The Balaban J connectivity index is 2.29. The molecule has 1 heterocycles. The highest BCUT2D eigenvalue weighted by Gasteiger charge is 2.15. The number of para-hydroxylation sites is 1. The first-order chi connectivity index (χ1) is 11.6. The first-order valence-corrected chi connectivity index (χ1v) is 7.91.